The molecule has 0 aromatic carbocycles. The van der Waals surface area contributed by atoms with Crippen LogP contribution in [0.3, 0.4) is 0 Å². The first-order chi connectivity index (χ1) is 14.6. The van der Waals surface area contributed by atoms with Crippen LogP contribution in [-0.4, -0.2) is 30.1 Å². The zero-order valence-electron chi connectivity index (χ0n) is 16.8. The SMILES string of the molecule is C=C(Nc1cncc(-c2cnc3n[nH]c(-c4cc5cnccc5[nH]4)c3c2)c1)C(C)C. The molecule has 0 bridgehead atoms. The lowest BCUT2D eigenvalue weighted by Crippen LogP contribution is -2.04. The van der Waals surface area contributed by atoms with Crippen LogP contribution in [0.4, 0.5) is 5.69 Å². The van der Waals surface area contributed by atoms with E-state index in [2.05, 4.69) is 74.1 Å². The molecule has 0 saturated heterocycles. The Morgan fingerprint density at radius 2 is 1.90 bits per heavy atom. The van der Waals surface area contributed by atoms with E-state index in [1.807, 2.05) is 24.7 Å². The molecule has 5 aromatic rings. The van der Waals surface area contributed by atoms with Crippen molar-refractivity contribution in [2.75, 3.05) is 5.32 Å². The quantitative estimate of drug-likeness (QED) is 0.383. The number of H-pyrrole nitrogens is 2. The number of aromatic amines is 2. The molecule has 0 spiro atoms. The fourth-order valence-electron chi connectivity index (χ4n) is 3.37. The van der Waals surface area contributed by atoms with Crippen molar-refractivity contribution in [2.45, 2.75) is 13.8 Å². The van der Waals surface area contributed by atoms with Gasteiger partial charge in [-0.15, -0.1) is 0 Å². The largest absolute Gasteiger partial charge is 0.358 e. The molecule has 5 heterocycles. The minimum atomic E-state index is 0.340. The molecule has 0 amide bonds. The summed E-state index contributed by atoms with van der Waals surface area (Å²) < 4.78 is 0. The molecule has 3 N–H and O–H groups in total. The minimum Gasteiger partial charge on any atom is -0.358 e. The Labute approximate surface area is 173 Å². The van der Waals surface area contributed by atoms with Crippen LogP contribution in [0.5, 0.6) is 0 Å². The Hall–Kier alpha value is -4.00. The van der Waals surface area contributed by atoms with Gasteiger partial charge in [-0.3, -0.25) is 15.1 Å². The number of aromatic nitrogens is 6. The summed E-state index contributed by atoms with van der Waals surface area (Å²) in [5, 5.41) is 12.8. The van der Waals surface area contributed by atoms with Crippen LogP contribution < -0.4 is 5.32 Å². The molecule has 0 saturated carbocycles. The maximum Gasteiger partial charge on any atom is 0.181 e. The van der Waals surface area contributed by atoms with E-state index in [1.165, 1.54) is 0 Å². The van der Waals surface area contributed by atoms with E-state index in [0.717, 1.165) is 50.2 Å². The zero-order chi connectivity index (χ0) is 20.7. The monoisotopic (exact) mass is 395 g/mol. The molecule has 5 aromatic heterocycles. The molecule has 7 heteroatoms. The van der Waals surface area contributed by atoms with Gasteiger partial charge in [0.05, 0.1) is 23.3 Å². The van der Waals surface area contributed by atoms with Gasteiger partial charge in [-0.1, -0.05) is 20.4 Å². The van der Waals surface area contributed by atoms with Gasteiger partial charge in [0, 0.05) is 57.9 Å². The van der Waals surface area contributed by atoms with E-state index in [-0.39, 0.29) is 0 Å². The molecular weight excluding hydrogens is 374 g/mol. The normalized spacial score (nSPS) is 11.4. The summed E-state index contributed by atoms with van der Waals surface area (Å²) in [4.78, 5) is 16.5. The fraction of sp³-hybridized carbons (Fsp3) is 0.130. The molecule has 7 nitrogen and oxygen atoms in total. The van der Waals surface area contributed by atoms with Crippen molar-refractivity contribution in [1.82, 2.24) is 30.1 Å². The standard InChI is InChI=1S/C23H21N7/c1-13(2)14(3)27-18-6-15(9-25-12-18)16-7-19-22(29-30-23(19)26-11-16)21-8-17-10-24-5-4-20(17)28-21/h4-13,27-28H,3H2,1-2H3,(H,26,29,30). The van der Waals surface area contributed by atoms with Crippen molar-refractivity contribution in [3.63, 3.8) is 0 Å². The van der Waals surface area contributed by atoms with Crippen molar-refractivity contribution in [3.8, 4) is 22.5 Å². The minimum absolute atomic E-state index is 0.340. The van der Waals surface area contributed by atoms with E-state index < -0.39 is 0 Å². The third-order valence-electron chi connectivity index (χ3n) is 5.17. The molecule has 148 valence electrons. The highest BCUT2D eigenvalue weighted by molar-refractivity contribution is 5.95. The smallest absolute Gasteiger partial charge is 0.181 e. The van der Waals surface area contributed by atoms with Gasteiger partial charge in [-0.25, -0.2) is 4.98 Å². The Bertz CT molecular complexity index is 1340. The van der Waals surface area contributed by atoms with Gasteiger partial charge >= 0.3 is 0 Å². The lowest BCUT2D eigenvalue weighted by Gasteiger charge is -2.13. The third kappa shape index (κ3) is 3.20. The summed E-state index contributed by atoms with van der Waals surface area (Å²) in [5.41, 5.74) is 7.33. The predicted molar refractivity (Wildman–Crippen MR) is 120 cm³/mol. The highest BCUT2D eigenvalue weighted by Gasteiger charge is 2.13. The summed E-state index contributed by atoms with van der Waals surface area (Å²) in [6.45, 7) is 8.28. The average Bonchev–Trinajstić information content (AvgIpc) is 3.37. The number of hydrogen-bond acceptors (Lipinski definition) is 5. The van der Waals surface area contributed by atoms with Crippen molar-refractivity contribution >= 4 is 27.6 Å². The lowest BCUT2D eigenvalue weighted by atomic mass is 10.1. The summed E-state index contributed by atoms with van der Waals surface area (Å²) in [5.74, 6) is 0.340. The number of nitrogens with one attached hydrogen (secondary N) is 3. The van der Waals surface area contributed by atoms with Crippen LogP contribution in [0.15, 0.2) is 67.5 Å². The molecule has 5 rings (SSSR count). The van der Waals surface area contributed by atoms with Crippen LogP contribution in [0.25, 0.3) is 44.5 Å². The first-order valence-electron chi connectivity index (χ1n) is 9.77. The Kier molecular flexibility index (Phi) is 4.28. The van der Waals surface area contributed by atoms with Crippen molar-refractivity contribution in [3.05, 3.63) is 67.5 Å². The van der Waals surface area contributed by atoms with E-state index in [4.69, 9.17) is 0 Å². The maximum absolute atomic E-state index is 4.54. The Balaban J connectivity index is 1.55. The van der Waals surface area contributed by atoms with Crippen LogP contribution in [0.1, 0.15) is 13.8 Å². The molecule has 0 aliphatic carbocycles. The summed E-state index contributed by atoms with van der Waals surface area (Å²) in [6, 6.07) is 8.16. The van der Waals surface area contributed by atoms with E-state index in [9.17, 15) is 0 Å². The molecule has 0 aliphatic heterocycles. The molecule has 0 radical (unpaired) electrons. The average molecular weight is 395 g/mol. The van der Waals surface area contributed by atoms with Gasteiger partial charge in [-0.2, -0.15) is 5.10 Å². The molecular formula is C23H21N7. The highest BCUT2D eigenvalue weighted by Crippen LogP contribution is 2.31. The van der Waals surface area contributed by atoms with Gasteiger partial charge in [-0.05, 0) is 30.2 Å². The van der Waals surface area contributed by atoms with Crippen LogP contribution in [0, 0.1) is 5.92 Å². The highest BCUT2D eigenvalue weighted by atomic mass is 15.2. The van der Waals surface area contributed by atoms with Crippen LogP contribution >= 0.6 is 0 Å². The summed E-state index contributed by atoms with van der Waals surface area (Å²) >= 11 is 0. The second kappa shape index (κ2) is 7.11. The first kappa shape index (κ1) is 18.1. The second-order valence-electron chi connectivity index (χ2n) is 7.61. The van der Waals surface area contributed by atoms with Gasteiger partial charge in [0.15, 0.2) is 5.65 Å². The van der Waals surface area contributed by atoms with Gasteiger partial charge in [0.1, 0.15) is 0 Å². The number of fused-ring (bicyclic) bond motifs is 2. The Morgan fingerprint density at radius 3 is 2.73 bits per heavy atom. The first-order valence-corrected chi connectivity index (χ1v) is 9.77. The second-order valence-corrected chi connectivity index (χ2v) is 7.61. The number of allylic oxidation sites excluding steroid dienone is 1. The number of pyridine rings is 3. The number of nitrogens with zero attached hydrogens (tertiary/aromatic N) is 4. The molecule has 0 fully saturated rings. The zero-order valence-corrected chi connectivity index (χ0v) is 16.8. The van der Waals surface area contributed by atoms with Gasteiger partial charge in [0.25, 0.3) is 0 Å². The Morgan fingerprint density at radius 1 is 1.03 bits per heavy atom. The summed E-state index contributed by atoms with van der Waals surface area (Å²) in [7, 11) is 0. The topological polar surface area (TPSA) is 95.2 Å². The number of anilines is 1. The maximum atomic E-state index is 4.54. The lowest BCUT2D eigenvalue weighted by molar-refractivity contribution is 0.778. The van der Waals surface area contributed by atoms with E-state index >= 15 is 0 Å². The predicted octanol–water partition coefficient (Wildman–Crippen LogP) is 5.14. The van der Waals surface area contributed by atoms with Crippen LogP contribution in [-0.2, 0) is 0 Å². The number of rotatable bonds is 5. The summed E-state index contributed by atoms with van der Waals surface area (Å²) in [6.07, 6.45) is 9.06. The van der Waals surface area contributed by atoms with Gasteiger partial charge < -0.3 is 10.3 Å². The molecule has 0 aliphatic rings. The van der Waals surface area contributed by atoms with Crippen LogP contribution in [0.2, 0.25) is 0 Å². The fourth-order valence-corrected chi connectivity index (χ4v) is 3.37. The third-order valence-corrected chi connectivity index (χ3v) is 5.17. The molecule has 30 heavy (non-hydrogen) atoms. The van der Waals surface area contributed by atoms with Crippen molar-refractivity contribution in [2.24, 2.45) is 5.92 Å². The van der Waals surface area contributed by atoms with Crippen molar-refractivity contribution < 1.29 is 0 Å². The van der Waals surface area contributed by atoms with Crippen molar-refractivity contribution in [1.29, 1.82) is 0 Å². The molecule has 0 atom stereocenters. The van der Waals surface area contributed by atoms with E-state index in [1.54, 1.807) is 12.4 Å². The number of hydrogen-bond donors (Lipinski definition) is 3. The van der Waals surface area contributed by atoms with Gasteiger partial charge in [0.2, 0.25) is 0 Å². The van der Waals surface area contributed by atoms with E-state index in [0.29, 0.717) is 11.6 Å². The molecule has 0 unspecified atom stereocenters.